The van der Waals surface area contributed by atoms with Gasteiger partial charge < -0.3 is 11.1 Å². The number of nitrogens with zero attached hydrogens (tertiary/aromatic N) is 2. The number of nitrogens with two attached hydrogens (primary N) is 1. The molecule has 100 valence electrons. The summed E-state index contributed by atoms with van der Waals surface area (Å²) in [6, 6.07) is 6.34. The van der Waals surface area contributed by atoms with E-state index >= 15 is 0 Å². The molecular formula is C12H14N4O2S. The third-order valence-electron chi connectivity index (χ3n) is 2.55. The summed E-state index contributed by atoms with van der Waals surface area (Å²) in [4.78, 5) is 8.43. The van der Waals surface area contributed by atoms with Crippen molar-refractivity contribution in [3.8, 4) is 0 Å². The Bertz CT molecular complexity index is 696. The van der Waals surface area contributed by atoms with Gasteiger partial charge in [0, 0.05) is 23.7 Å². The summed E-state index contributed by atoms with van der Waals surface area (Å²) < 4.78 is 22.6. The van der Waals surface area contributed by atoms with Crippen molar-refractivity contribution < 1.29 is 8.42 Å². The smallest absolute Gasteiger partial charge is 0.229 e. The fraction of sp³-hybridized carbons (Fsp3) is 0.167. The SMILES string of the molecule is Cc1cnc(Nc2ccc(S(C)(=O)=O)cc2)nc1N. The van der Waals surface area contributed by atoms with E-state index in [0.717, 1.165) is 5.56 Å². The summed E-state index contributed by atoms with van der Waals surface area (Å²) >= 11 is 0. The van der Waals surface area contributed by atoms with Crippen LogP contribution in [0.5, 0.6) is 0 Å². The Morgan fingerprint density at radius 3 is 2.37 bits per heavy atom. The molecule has 0 saturated carbocycles. The van der Waals surface area contributed by atoms with E-state index in [1.165, 1.54) is 18.4 Å². The maximum Gasteiger partial charge on any atom is 0.229 e. The highest BCUT2D eigenvalue weighted by Gasteiger charge is 2.06. The molecule has 2 aromatic rings. The Balaban J connectivity index is 2.22. The molecule has 0 unspecified atom stereocenters. The average molecular weight is 278 g/mol. The van der Waals surface area contributed by atoms with Gasteiger partial charge in [0.05, 0.1) is 4.90 Å². The minimum Gasteiger partial charge on any atom is -0.383 e. The zero-order valence-electron chi connectivity index (χ0n) is 10.6. The van der Waals surface area contributed by atoms with Gasteiger partial charge in [0.2, 0.25) is 5.95 Å². The summed E-state index contributed by atoms with van der Waals surface area (Å²) in [7, 11) is -3.18. The number of hydrogen-bond donors (Lipinski definition) is 2. The molecule has 0 radical (unpaired) electrons. The van der Waals surface area contributed by atoms with Gasteiger partial charge in [0.25, 0.3) is 0 Å². The number of benzene rings is 1. The molecule has 0 atom stereocenters. The van der Waals surface area contributed by atoms with Crippen LogP contribution in [-0.2, 0) is 9.84 Å². The number of nitrogen functional groups attached to an aromatic ring is 1. The largest absolute Gasteiger partial charge is 0.383 e. The van der Waals surface area contributed by atoms with Crippen LogP contribution in [0, 0.1) is 6.92 Å². The predicted molar refractivity (Wildman–Crippen MR) is 74.0 cm³/mol. The quantitative estimate of drug-likeness (QED) is 0.883. The number of aromatic nitrogens is 2. The van der Waals surface area contributed by atoms with Crippen LogP contribution in [0.4, 0.5) is 17.5 Å². The Hall–Kier alpha value is -2.15. The standard InChI is InChI=1S/C12H14N4O2S/c1-8-7-14-12(16-11(8)13)15-9-3-5-10(6-4-9)19(2,17)18/h3-7H,1-2H3,(H3,13,14,15,16). The summed E-state index contributed by atoms with van der Waals surface area (Å²) in [6.07, 6.45) is 2.79. The average Bonchev–Trinajstić information content (AvgIpc) is 2.33. The minimum atomic E-state index is -3.18. The van der Waals surface area contributed by atoms with Crippen LogP contribution in [0.1, 0.15) is 5.56 Å². The minimum absolute atomic E-state index is 0.266. The molecule has 6 nitrogen and oxygen atoms in total. The van der Waals surface area contributed by atoms with Crippen LogP contribution in [0.25, 0.3) is 0 Å². The van der Waals surface area contributed by atoms with Crippen molar-refractivity contribution in [2.24, 2.45) is 0 Å². The zero-order valence-corrected chi connectivity index (χ0v) is 11.4. The molecule has 7 heteroatoms. The first-order valence-electron chi connectivity index (χ1n) is 5.52. The van der Waals surface area contributed by atoms with E-state index in [0.29, 0.717) is 17.5 Å². The molecule has 1 heterocycles. The third kappa shape index (κ3) is 3.19. The van der Waals surface area contributed by atoms with Crippen molar-refractivity contribution in [2.45, 2.75) is 11.8 Å². The van der Waals surface area contributed by atoms with E-state index in [1.54, 1.807) is 18.3 Å². The molecule has 3 N–H and O–H groups in total. The van der Waals surface area contributed by atoms with Gasteiger partial charge in [-0.3, -0.25) is 0 Å². The molecule has 0 aliphatic heterocycles. The van der Waals surface area contributed by atoms with E-state index in [2.05, 4.69) is 15.3 Å². The van der Waals surface area contributed by atoms with Gasteiger partial charge in [-0.05, 0) is 31.2 Å². The molecule has 0 fully saturated rings. The molecule has 0 aliphatic carbocycles. The number of sulfone groups is 1. The molecule has 1 aromatic heterocycles. The van der Waals surface area contributed by atoms with Crippen LogP contribution in [-0.4, -0.2) is 24.6 Å². The first-order valence-corrected chi connectivity index (χ1v) is 7.41. The third-order valence-corrected chi connectivity index (χ3v) is 3.68. The normalized spacial score (nSPS) is 11.3. The highest BCUT2D eigenvalue weighted by molar-refractivity contribution is 7.90. The fourth-order valence-electron chi connectivity index (χ4n) is 1.43. The lowest BCUT2D eigenvalue weighted by Crippen LogP contribution is -2.02. The zero-order chi connectivity index (χ0) is 14.0. The number of rotatable bonds is 3. The molecule has 0 spiro atoms. The molecule has 0 amide bonds. The van der Waals surface area contributed by atoms with Crippen molar-refractivity contribution in [3.63, 3.8) is 0 Å². The van der Waals surface area contributed by atoms with Crippen LogP contribution < -0.4 is 11.1 Å². The topological polar surface area (TPSA) is 98.0 Å². The molecular weight excluding hydrogens is 264 g/mol. The monoisotopic (exact) mass is 278 g/mol. The van der Waals surface area contributed by atoms with Crippen LogP contribution >= 0.6 is 0 Å². The van der Waals surface area contributed by atoms with Gasteiger partial charge in [-0.1, -0.05) is 0 Å². The number of anilines is 3. The van der Waals surface area contributed by atoms with Gasteiger partial charge in [-0.15, -0.1) is 0 Å². The van der Waals surface area contributed by atoms with E-state index < -0.39 is 9.84 Å². The van der Waals surface area contributed by atoms with Crippen molar-refractivity contribution in [1.82, 2.24) is 9.97 Å². The van der Waals surface area contributed by atoms with Crippen LogP contribution in [0.3, 0.4) is 0 Å². The summed E-state index contributed by atoms with van der Waals surface area (Å²) in [5.41, 5.74) is 7.18. The Kier molecular flexibility index (Phi) is 3.39. The predicted octanol–water partition coefficient (Wildman–Crippen LogP) is 1.51. The lowest BCUT2D eigenvalue weighted by molar-refractivity contribution is 0.602. The maximum absolute atomic E-state index is 11.3. The maximum atomic E-state index is 11.3. The number of aryl methyl sites for hydroxylation is 1. The molecule has 0 aliphatic rings. The van der Waals surface area contributed by atoms with Gasteiger partial charge in [-0.2, -0.15) is 4.98 Å². The lowest BCUT2D eigenvalue weighted by atomic mass is 10.3. The second-order valence-electron chi connectivity index (χ2n) is 4.18. The molecule has 0 saturated heterocycles. The Morgan fingerprint density at radius 2 is 1.84 bits per heavy atom. The summed E-state index contributed by atoms with van der Waals surface area (Å²) in [5.74, 6) is 0.778. The van der Waals surface area contributed by atoms with Gasteiger partial charge in [0.15, 0.2) is 9.84 Å². The highest BCUT2D eigenvalue weighted by atomic mass is 32.2. The summed E-state index contributed by atoms with van der Waals surface area (Å²) in [5, 5.41) is 2.95. The van der Waals surface area contributed by atoms with Crippen molar-refractivity contribution in [1.29, 1.82) is 0 Å². The summed E-state index contributed by atoms with van der Waals surface area (Å²) in [6.45, 7) is 1.82. The van der Waals surface area contributed by atoms with E-state index in [1.807, 2.05) is 6.92 Å². The second-order valence-corrected chi connectivity index (χ2v) is 6.20. The van der Waals surface area contributed by atoms with Gasteiger partial charge in [0.1, 0.15) is 5.82 Å². The van der Waals surface area contributed by atoms with E-state index in [-0.39, 0.29) is 4.90 Å². The van der Waals surface area contributed by atoms with E-state index in [4.69, 9.17) is 5.73 Å². The van der Waals surface area contributed by atoms with Gasteiger partial charge >= 0.3 is 0 Å². The van der Waals surface area contributed by atoms with E-state index in [9.17, 15) is 8.42 Å². The molecule has 0 bridgehead atoms. The van der Waals surface area contributed by atoms with Crippen molar-refractivity contribution in [3.05, 3.63) is 36.0 Å². The van der Waals surface area contributed by atoms with Crippen molar-refractivity contribution in [2.75, 3.05) is 17.3 Å². The highest BCUT2D eigenvalue weighted by Crippen LogP contribution is 2.17. The van der Waals surface area contributed by atoms with Crippen LogP contribution in [0.2, 0.25) is 0 Å². The first kappa shape index (κ1) is 13.3. The second kappa shape index (κ2) is 4.85. The Morgan fingerprint density at radius 1 is 1.21 bits per heavy atom. The number of hydrogen-bond acceptors (Lipinski definition) is 6. The van der Waals surface area contributed by atoms with Gasteiger partial charge in [-0.25, -0.2) is 13.4 Å². The van der Waals surface area contributed by atoms with Crippen LogP contribution in [0.15, 0.2) is 35.4 Å². The molecule has 19 heavy (non-hydrogen) atoms. The molecule has 1 aromatic carbocycles. The first-order chi connectivity index (χ1) is 8.86. The fourth-order valence-corrected chi connectivity index (χ4v) is 2.06. The molecule has 2 rings (SSSR count). The number of nitrogens with one attached hydrogen (secondary N) is 1. The lowest BCUT2D eigenvalue weighted by Gasteiger charge is -2.07. The Labute approximate surface area is 111 Å². The van der Waals surface area contributed by atoms with Crippen molar-refractivity contribution >= 4 is 27.3 Å².